The van der Waals surface area contributed by atoms with E-state index in [4.69, 9.17) is 9.47 Å². The molecule has 3 unspecified atom stereocenters. The Bertz CT molecular complexity index is 441. The number of esters is 2. The van der Waals surface area contributed by atoms with Crippen LogP contribution < -0.4 is 0 Å². The SMILES string of the molecule is C=CC(=O)OCC(C)(CCC)C(COC(=O)CC(C)C)C(C)(O)CC. The molecule has 0 aromatic carbocycles. The minimum Gasteiger partial charge on any atom is -0.465 e. The lowest BCUT2D eigenvalue weighted by atomic mass is 9.66. The highest BCUT2D eigenvalue weighted by molar-refractivity contribution is 5.81. The van der Waals surface area contributed by atoms with E-state index in [0.29, 0.717) is 12.8 Å². The summed E-state index contributed by atoms with van der Waals surface area (Å²) in [5.74, 6) is -0.894. The van der Waals surface area contributed by atoms with Crippen LogP contribution in [0.15, 0.2) is 12.7 Å². The Morgan fingerprint density at radius 1 is 1.20 bits per heavy atom. The van der Waals surface area contributed by atoms with Gasteiger partial charge in [0.15, 0.2) is 0 Å². The lowest BCUT2D eigenvalue weighted by Gasteiger charge is -2.44. The second kappa shape index (κ2) is 10.6. The van der Waals surface area contributed by atoms with Crippen LogP contribution in [0.25, 0.3) is 0 Å². The van der Waals surface area contributed by atoms with Crippen molar-refractivity contribution in [2.75, 3.05) is 13.2 Å². The van der Waals surface area contributed by atoms with Crippen molar-refractivity contribution in [2.24, 2.45) is 17.3 Å². The molecule has 5 heteroatoms. The fraction of sp³-hybridized carbons (Fsp3) is 0.800. The molecule has 0 amide bonds. The summed E-state index contributed by atoms with van der Waals surface area (Å²) < 4.78 is 10.8. The molecule has 0 bridgehead atoms. The normalized spacial score (nSPS) is 17.3. The molecule has 0 heterocycles. The molecule has 0 radical (unpaired) electrons. The van der Waals surface area contributed by atoms with E-state index in [1.807, 2.05) is 34.6 Å². The third-order valence-electron chi connectivity index (χ3n) is 4.83. The van der Waals surface area contributed by atoms with E-state index >= 15 is 0 Å². The zero-order valence-electron chi connectivity index (χ0n) is 16.8. The van der Waals surface area contributed by atoms with Crippen molar-refractivity contribution < 1.29 is 24.2 Å². The first-order valence-electron chi connectivity index (χ1n) is 9.19. The minimum atomic E-state index is -1.04. The number of hydrogen-bond donors (Lipinski definition) is 1. The first kappa shape index (κ1) is 23.6. The molecule has 0 saturated carbocycles. The summed E-state index contributed by atoms with van der Waals surface area (Å²) in [6.45, 7) is 15.2. The maximum absolute atomic E-state index is 12.0. The Labute approximate surface area is 152 Å². The molecule has 0 aromatic rings. The van der Waals surface area contributed by atoms with E-state index in [2.05, 4.69) is 6.58 Å². The molecule has 0 aliphatic rings. The fourth-order valence-electron chi connectivity index (χ4n) is 3.16. The van der Waals surface area contributed by atoms with Crippen molar-refractivity contribution in [1.29, 1.82) is 0 Å². The first-order chi connectivity index (χ1) is 11.5. The van der Waals surface area contributed by atoms with Gasteiger partial charge in [0.25, 0.3) is 0 Å². The fourth-order valence-corrected chi connectivity index (χ4v) is 3.16. The average Bonchev–Trinajstić information content (AvgIpc) is 2.52. The van der Waals surface area contributed by atoms with E-state index in [1.54, 1.807) is 6.92 Å². The predicted octanol–water partition coefficient (Wildman–Crippen LogP) is 3.89. The maximum Gasteiger partial charge on any atom is 0.330 e. The van der Waals surface area contributed by atoms with Crippen LogP contribution in [0.2, 0.25) is 0 Å². The van der Waals surface area contributed by atoms with Crippen LogP contribution >= 0.6 is 0 Å². The zero-order chi connectivity index (χ0) is 19.7. The summed E-state index contributed by atoms with van der Waals surface area (Å²) in [7, 11) is 0. The quantitative estimate of drug-likeness (QED) is 0.424. The number of carbonyl (C=O) groups excluding carboxylic acids is 2. The average molecular weight is 357 g/mol. The van der Waals surface area contributed by atoms with E-state index in [9.17, 15) is 14.7 Å². The summed E-state index contributed by atoms with van der Waals surface area (Å²) in [6, 6.07) is 0. The summed E-state index contributed by atoms with van der Waals surface area (Å²) in [4.78, 5) is 23.5. The largest absolute Gasteiger partial charge is 0.465 e. The van der Waals surface area contributed by atoms with Gasteiger partial charge in [-0.1, -0.05) is 47.6 Å². The Morgan fingerprint density at radius 3 is 2.24 bits per heavy atom. The van der Waals surface area contributed by atoms with Crippen molar-refractivity contribution in [1.82, 2.24) is 0 Å². The molecule has 3 atom stereocenters. The van der Waals surface area contributed by atoms with Crippen LogP contribution in [-0.2, 0) is 19.1 Å². The van der Waals surface area contributed by atoms with Gasteiger partial charge in [0.05, 0.1) is 18.8 Å². The zero-order valence-corrected chi connectivity index (χ0v) is 16.8. The minimum absolute atomic E-state index is 0.106. The van der Waals surface area contributed by atoms with Gasteiger partial charge in [0.1, 0.15) is 0 Å². The molecule has 0 aliphatic heterocycles. The molecule has 0 aliphatic carbocycles. The molecule has 0 spiro atoms. The van der Waals surface area contributed by atoms with E-state index in [-0.39, 0.29) is 31.0 Å². The molecule has 0 aromatic heterocycles. The summed E-state index contributed by atoms with van der Waals surface area (Å²) in [6.07, 6.45) is 3.57. The van der Waals surface area contributed by atoms with E-state index in [0.717, 1.165) is 18.9 Å². The van der Waals surface area contributed by atoms with E-state index in [1.165, 1.54) is 0 Å². The third-order valence-corrected chi connectivity index (χ3v) is 4.83. The van der Waals surface area contributed by atoms with Gasteiger partial charge < -0.3 is 14.6 Å². The molecular weight excluding hydrogens is 320 g/mol. The van der Waals surface area contributed by atoms with Crippen LogP contribution in [0.1, 0.15) is 67.2 Å². The van der Waals surface area contributed by atoms with Gasteiger partial charge in [0, 0.05) is 23.8 Å². The van der Waals surface area contributed by atoms with Gasteiger partial charge in [-0.2, -0.15) is 0 Å². The molecular formula is C20H36O5. The van der Waals surface area contributed by atoms with Gasteiger partial charge >= 0.3 is 11.9 Å². The Kier molecular flexibility index (Phi) is 10.0. The Balaban J connectivity index is 5.38. The molecule has 0 saturated heterocycles. The number of ether oxygens (including phenoxy) is 2. The summed E-state index contributed by atoms with van der Waals surface area (Å²) in [5, 5.41) is 10.9. The second-order valence-corrected chi connectivity index (χ2v) is 7.76. The van der Waals surface area contributed by atoms with Gasteiger partial charge in [0.2, 0.25) is 0 Å². The second-order valence-electron chi connectivity index (χ2n) is 7.76. The highest BCUT2D eigenvalue weighted by Gasteiger charge is 2.45. The van der Waals surface area contributed by atoms with Crippen molar-refractivity contribution in [3.8, 4) is 0 Å². The van der Waals surface area contributed by atoms with Crippen LogP contribution in [0.5, 0.6) is 0 Å². The smallest absolute Gasteiger partial charge is 0.330 e. The van der Waals surface area contributed by atoms with Crippen LogP contribution in [0, 0.1) is 17.3 Å². The van der Waals surface area contributed by atoms with Crippen molar-refractivity contribution in [3.63, 3.8) is 0 Å². The van der Waals surface area contributed by atoms with Crippen molar-refractivity contribution in [2.45, 2.75) is 72.8 Å². The lowest BCUT2D eigenvalue weighted by Crippen LogP contribution is -2.49. The Hall–Kier alpha value is -1.36. The first-order valence-corrected chi connectivity index (χ1v) is 9.19. The topological polar surface area (TPSA) is 72.8 Å². The van der Waals surface area contributed by atoms with Crippen molar-refractivity contribution >= 4 is 11.9 Å². The van der Waals surface area contributed by atoms with Gasteiger partial charge in [-0.05, 0) is 25.7 Å². The van der Waals surface area contributed by atoms with Crippen molar-refractivity contribution in [3.05, 3.63) is 12.7 Å². The Morgan fingerprint density at radius 2 is 1.80 bits per heavy atom. The molecule has 25 heavy (non-hydrogen) atoms. The molecule has 146 valence electrons. The molecule has 0 rings (SSSR count). The van der Waals surface area contributed by atoms with Crippen LogP contribution in [0.4, 0.5) is 0 Å². The highest BCUT2D eigenvalue weighted by Crippen LogP contribution is 2.41. The highest BCUT2D eigenvalue weighted by atomic mass is 16.5. The summed E-state index contributed by atoms with van der Waals surface area (Å²) >= 11 is 0. The molecule has 0 fully saturated rings. The number of carbonyl (C=O) groups is 2. The van der Waals surface area contributed by atoms with Crippen LogP contribution in [0.3, 0.4) is 0 Å². The standard InChI is InChI=1S/C20H36O5/c1-8-11-19(6,14-25-17(21)9-2)16(20(7,23)10-3)13-24-18(22)12-15(4)5/h9,15-16,23H,2,8,10-14H2,1,3-7H3. The van der Waals surface area contributed by atoms with Crippen LogP contribution in [-0.4, -0.2) is 35.9 Å². The van der Waals surface area contributed by atoms with E-state index < -0.39 is 17.0 Å². The molecule has 5 nitrogen and oxygen atoms in total. The number of aliphatic hydroxyl groups is 1. The number of rotatable bonds is 12. The molecule has 1 N–H and O–H groups in total. The van der Waals surface area contributed by atoms with Gasteiger partial charge in [-0.25, -0.2) is 4.79 Å². The lowest BCUT2D eigenvalue weighted by molar-refractivity contribution is -0.162. The third kappa shape index (κ3) is 8.04. The maximum atomic E-state index is 12.0. The monoisotopic (exact) mass is 356 g/mol. The summed E-state index contributed by atoms with van der Waals surface area (Å²) in [5.41, 5.74) is -1.55. The van der Waals surface area contributed by atoms with Gasteiger partial charge in [-0.15, -0.1) is 0 Å². The predicted molar refractivity (Wildman–Crippen MR) is 99.0 cm³/mol. The van der Waals surface area contributed by atoms with Gasteiger partial charge in [-0.3, -0.25) is 4.79 Å². The number of hydrogen-bond acceptors (Lipinski definition) is 5.